The van der Waals surface area contributed by atoms with E-state index in [4.69, 9.17) is 0 Å². The molecule has 2 fully saturated rings. The van der Waals surface area contributed by atoms with Crippen LogP contribution < -0.4 is 15.5 Å². The number of hydrogen-bond donors (Lipinski definition) is 2. The fourth-order valence-corrected chi connectivity index (χ4v) is 3.41. The number of anilines is 2. The Balaban J connectivity index is 1.59. The molecule has 25 heavy (non-hydrogen) atoms. The van der Waals surface area contributed by atoms with Gasteiger partial charge in [0.05, 0.1) is 12.6 Å². The zero-order valence-corrected chi connectivity index (χ0v) is 14.8. The molecule has 0 aliphatic carbocycles. The zero-order chi connectivity index (χ0) is 18.0. The van der Waals surface area contributed by atoms with Crippen LogP contribution in [0.5, 0.6) is 0 Å². The molecule has 0 saturated carbocycles. The molecular weight excluding hydrogens is 326 g/mol. The Bertz CT molecular complexity index is 615. The molecule has 2 aliphatic rings. The van der Waals surface area contributed by atoms with Crippen LogP contribution in [0.25, 0.3) is 0 Å². The average molecular weight is 352 g/mol. The highest BCUT2D eigenvalue weighted by atomic mass is 19.3. The predicted octanol–water partition coefficient (Wildman–Crippen LogP) is 2.15. The molecule has 2 N–H and O–H groups in total. The summed E-state index contributed by atoms with van der Waals surface area (Å²) < 4.78 is 26.5. The molecule has 0 bridgehead atoms. The Labute approximate surface area is 147 Å². The van der Waals surface area contributed by atoms with Crippen LogP contribution in [0.4, 0.5) is 20.2 Å². The second-order valence-electron chi connectivity index (χ2n) is 7.15. The summed E-state index contributed by atoms with van der Waals surface area (Å²) in [4.78, 5) is 16.9. The predicted molar refractivity (Wildman–Crippen MR) is 95.3 cm³/mol. The van der Waals surface area contributed by atoms with Crippen molar-refractivity contribution in [3.05, 3.63) is 24.3 Å². The van der Waals surface area contributed by atoms with E-state index in [2.05, 4.69) is 34.3 Å². The van der Waals surface area contributed by atoms with Crippen molar-refractivity contribution in [3.8, 4) is 0 Å². The van der Waals surface area contributed by atoms with E-state index in [1.807, 2.05) is 18.2 Å². The lowest BCUT2D eigenvalue weighted by Gasteiger charge is -2.38. The van der Waals surface area contributed by atoms with Crippen LogP contribution in [0.1, 0.15) is 20.3 Å². The highest BCUT2D eigenvalue weighted by Crippen LogP contribution is 2.26. The molecule has 7 heteroatoms. The third-order valence-corrected chi connectivity index (χ3v) is 4.95. The van der Waals surface area contributed by atoms with Gasteiger partial charge in [-0.2, -0.15) is 0 Å². The number of rotatable bonds is 4. The molecule has 0 spiro atoms. The number of carbonyl (C=O) groups is 1. The van der Waals surface area contributed by atoms with Gasteiger partial charge in [0, 0.05) is 50.0 Å². The number of amides is 1. The van der Waals surface area contributed by atoms with Gasteiger partial charge < -0.3 is 10.2 Å². The monoisotopic (exact) mass is 352 g/mol. The second kappa shape index (κ2) is 7.25. The van der Waals surface area contributed by atoms with Crippen molar-refractivity contribution in [1.82, 2.24) is 10.2 Å². The lowest BCUT2D eigenvalue weighted by atomic mass is 10.1. The van der Waals surface area contributed by atoms with Crippen LogP contribution >= 0.6 is 0 Å². The van der Waals surface area contributed by atoms with E-state index in [-0.39, 0.29) is 0 Å². The number of piperazine rings is 1. The molecule has 138 valence electrons. The number of alkyl halides is 2. The van der Waals surface area contributed by atoms with Crippen molar-refractivity contribution in [2.75, 3.05) is 42.9 Å². The Hall–Kier alpha value is -1.73. The summed E-state index contributed by atoms with van der Waals surface area (Å²) in [6.07, 6.45) is -0.449. The molecular formula is C18H26F2N4O. The van der Waals surface area contributed by atoms with Crippen molar-refractivity contribution in [1.29, 1.82) is 0 Å². The van der Waals surface area contributed by atoms with Gasteiger partial charge in [-0.25, -0.2) is 8.78 Å². The SMILES string of the molecule is CC(C)N1CCN(c2cccc(NC(=O)C3CC(F)(F)CN3)c2)CC1. The van der Waals surface area contributed by atoms with Gasteiger partial charge in [0.2, 0.25) is 5.91 Å². The first-order valence-electron chi connectivity index (χ1n) is 8.85. The topological polar surface area (TPSA) is 47.6 Å². The first-order chi connectivity index (χ1) is 11.8. The summed E-state index contributed by atoms with van der Waals surface area (Å²) in [7, 11) is 0. The van der Waals surface area contributed by atoms with Gasteiger partial charge in [0.25, 0.3) is 5.92 Å². The molecule has 1 amide bonds. The Morgan fingerprint density at radius 1 is 1.28 bits per heavy atom. The third-order valence-electron chi connectivity index (χ3n) is 4.95. The summed E-state index contributed by atoms with van der Waals surface area (Å²) in [5.41, 5.74) is 1.69. The number of halogens is 2. The first-order valence-corrected chi connectivity index (χ1v) is 8.85. The number of benzene rings is 1. The van der Waals surface area contributed by atoms with Gasteiger partial charge in [-0.15, -0.1) is 0 Å². The van der Waals surface area contributed by atoms with E-state index in [0.717, 1.165) is 31.9 Å². The maximum absolute atomic E-state index is 13.2. The van der Waals surface area contributed by atoms with Gasteiger partial charge in [0.1, 0.15) is 0 Å². The summed E-state index contributed by atoms with van der Waals surface area (Å²) in [6, 6.07) is 7.31. The molecule has 1 atom stereocenters. The molecule has 5 nitrogen and oxygen atoms in total. The number of carbonyl (C=O) groups excluding carboxylic acids is 1. The highest BCUT2D eigenvalue weighted by molar-refractivity contribution is 5.95. The van der Waals surface area contributed by atoms with Gasteiger partial charge in [-0.05, 0) is 32.0 Å². The Morgan fingerprint density at radius 2 is 2.00 bits per heavy atom. The first kappa shape index (κ1) is 18.1. The third kappa shape index (κ3) is 4.46. The van der Waals surface area contributed by atoms with E-state index in [1.54, 1.807) is 6.07 Å². The molecule has 0 aromatic heterocycles. The normalized spacial score (nSPS) is 23.9. The highest BCUT2D eigenvalue weighted by Gasteiger charge is 2.42. The lowest BCUT2D eigenvalue weighted by Crippen LogP contribution is -2.48. The number of nitrogens with zero attached hydrogens (tertiary/aromatic N) is 2. The molecule has 1 aromatic rings. The summed E-state index contributed by atoms with van der Waals surface area (Å²) in [6.45, 7) is 7.85. The summed E-state index contributed by atoms with van der Waals surface area (Å²) in [5.74, 6) is -3.21. The second-order valence-corrected chi connectivity index (χ2v) is 7.15. The van der Waals surface area contributed by atoms with E-state index < -0.39 is 30.8 Å². The minimum Gasteiger partial charge on any atom is -0.369 e. The molecule has 3 rings (SSSR count). The summed E-state index contributed by atoms with van der Waals surface area (Å²) >= 11 is 0. The van der Waals surface area contributed by atoms with Crippen molar-refractivity contribution < 1.29 is 13.6 Å². The van der Waals surface area contributed by atoms with E-state index in [9.17, 15) is 13.6 Å². The average Bonchev–Trinajstić information content (AvgIpc) is 2.95. The Morgan fingerprint density at radius 3 is 2.60 bits per heavy atom. The minimum absolute atomic E-state index is 0.404. The van der Waals surface area contributed by atoms with Crippen LogP contribution in [0, 0.1) is 0 Å². The minimum atomic E-state index is -2.81. The van der Waals surface area contributed by atoms with Crippen molar-refractivity contribution in [3.63, 3.8) is 0 Å². The standard InChI is InChI=1S/C18H26F2N4O/c1-13(2)23-6-8-24(9-7-23)15-5-3-4-14(10-15)22-17(25)16-11-18(19,20)12-21-16/h3-5,10,13,16,21H,6-9,11-12H2,1-2H3,(H,22,25). The maximum Gasteiger partial charge on any atom is 0.262 e. The van der Waals surface area contributed by atoms with Crippen LogP contribution in [-0.2, 0) is 4.79 Å². The van der Waals surface area contributed by atoms with Gasteiger partial charge >= 0.3 is 0 Å². The maximum atomic E-state index is 13.2. The van der Waals surface area contributed by atoms with Crippen LogP contribution in [0.3, 0.4) is 0 Å². The fourth-order valence-electron chi connectivity index (χ4n) is 3.41. The van der Waals surface area contributed by atoms with Crippen LogP contribution in [0.2, 0.25) is 0 Å². The van der Waals surface area contributed by atoms with E-state index in [0.29, 0.717) is 11.7 Å². The van der Waals surface area contributed by atoms with E-state index >= 15 is 0 Å². The lowest BCUT2D eigenvalue weighted by molar-refractivity contribution is -0.118. The Kier molecular flexibility index (Phi) is 5.24. The van der Waals surface area contributed by atoms with Gasteiger partial charge in [-0.1, -0.05) is 6.07 Å². The molecule has 2 heterocycles. The largest absolute Gasteiger partial charge is 0.369 e. The smallest absolute Gasteiger partial charge is 0.262 e. The van der Waals surface area contributed by atoms with E-state index in [1.165, 1.54) is 0 Å². The van der Waals surface area contributed by atoms with Gasteiger partial charge in [0.15, 0.2) is 0 Å². The quantitative estimate of drug-likeness (QED) is 0.872. The van der Waals surface area contributed by atoms with Crippen LogP contribution in [-0.4, -0.2) is 61.5 Å². The molecule has 1 unspecified atom stereocenters. The van der Waals surface area contributed by atoms with Crippen molar-refractivity contribution >= 4 is 17.3 Å². The molecule has 1 aromatic carbocycles. The fraction of sp³-hybridized carbons (Fsp3) is 0.611. The molecule has 0 radical (unpaired) electrons. The number of hydrogen-bond acceptors (Lipinski definition) is 4. The van der Waals surface area contributed by atoms with Crippen molar-refractivity contribution in [2.45, 2.75) is 38.3 Å². The molecule has 2 saturated heterocycles. The van der Waals surface area contributed by atoms with Crippen LogP contribution in [0.15, 0.2) is 24.3 Å². The molecule has 2 aliphatic heterocycles. The summed E-state index contributed by atoms with van der Waals surface area (Å²) in [5, 5.41) is 5.34. The number of nitrogens with one attached hydrogen (secondary N) is 2. The van der Waals surface area contributed by atoms with Gasteiger partial charge in [-0.3, -0.25) is 15.0 Å². The van der Waals surface area contributed by atoms with Crippen molar-refractivity contribution in [2.24, 2.45) is 0 Å². The zero-order valence-electron chi connectivity index (χ0n) is 14.8.